The van der Waals surface area contributed by atoms with Crippen molar-refractivity contribution in [2.24, 2.45) is 0 Å². The monoisotopic (exact) mass is 302 g/mol. The zero-order valence-corrected chi connectivity index (χ0v) is 12.3. The lowest BCUT2D eigenvalue weighted by Crippen LogP contribution is -2.41. The molecule has 2 rings (SSSR count). The Bertz CT molecular complexity index is 443. The average Bonchev–Trinajstić information content (AvgIpc) is 3.27. The van der Waals surface area contributed by atoms with Gasteiger partial charge in [0.15, 0.2) is 0 Å². The van der Waals surface area contributed by atoms with Gasteiger partial charge in [-0.25, -0.2) is 0 Å². The van der Waals surface area contributed by atoms with Crippen LogP contribution in [0.5, 0.6) is 5.75 Å². The molecule has 0 bridgehead atoms. The number of alkyl halides is 3. The van der Waals surface area contributed by atoms with Gasteiger partial charge in [-0.3, -0.25) is 4.90 Å². The summed E-state index contributed by atoms with van der Waals surface area (Å²) in [6.45, 7) is -0.487. The quantitative estimate of drug-likeness (QED) is 0.838. The predicted molar refractivity (Wildman–Crippen MR) is 75.4 cm³/mol. The van der Waals surface area contributed by atoms with Crippen molar-refractivity contribution in [1.82, 2.24) is 10.2 Å². The van der Waals surface area contributed by atoms with Gasteiger partial charge in [-0.1, -0.05) is 12.1 Å². The molecule has 0 aromatic heterocycles. The number of hydrogen-bond acceptors (Lipinski definition) is 3. The van der Waals surface area contributed by atoms with Crippen molar-refractivity contribution in [1.29, 1.82) is 0 Å². The van der Waals surface area contributed by atoms with E-state index < -0.39 is 12.7 Å². The molecule has 1 saturated carbocycles. The molecule has 1 unspecified atom stereocenters. The lowest BCUT2D eigenvalue weighted by molar-refractivity contribution is -0.147. The van der Waals surface area contributed by atoms with E-state index in [9.17, 15) is 13.2 Å². The molecular weight excluding hydrogens is 281 g/mol. The molecule has 3 nitrogen and oxygen atoms in total. The van der Waals surface area contributed by atoms with Gasteiger partial charge in [0.25, 0.3) is 0 Å². The third-order valence-corrected chi connectivity index (χ3v) is 3.73. The molecule has 0 saturated heterocycles. The Labute approximate surface area is 123 Å². The number of hydrogen-bond donors (Lipinski definition) is 1. The van der Waals surface area contributed by atoms with Gasteiger partial charge in [-0.15, -0.1) is 0 Å². The predicted octanol–water partition coefficient (Wildman–Crippen LogP) is 2.98. The van der Waals surface area contributed by atoms with Gasteiger partial charge in [0.2, 0.25) is 0 Å². The van der Waals surface area contributed by atoms with Gasteiger partial charge in [0, 0.05) is 18.6 Å². The summed E-state index contributed by atoms with van der Waals surface area (Å²) in [5, 5.41) is 3.10. The smallest absolute Gasteiger partial charge is 0.401 e. The Kier molecular flexibility index (Phi) is 5.11. The van der Waals surface area contributed by atoms with Crippen molar-refractivity contribution in [3.8, 4) is 5.75 Å². The highest BCUT2D eigenvalue weighted by atomic mass is 19.4. The fraction of sp³-hybridized carbons (Fsp3) is 0.600. The lowest BCUT2D eigenvalue weighted by Gasteiger charge is -2.28. The van der Waals surface area contributed by atoms with Crippen molar-refractivity contribution in [2.75, 3.05) is 27.2 Å². The summed E-state index contributed by atoms with van der Waals surface area (Å²) in [4.78, 5) is 1.53. The van der Waals surface area contributed by atoms with E-state index in [-0.39, 0.29) is 12.1 Å². The zero-order valence-electron chi connectivity index (χ0n) is 12.3. The molecule has 118 valence electrons. The Hall–Kier alpha value is -1.27. The molecule has 1 fully saturated rings. The van der Waals surface area contributed by atoms with Crippen LogP contribution in [0.25, 0.3) is 0 Å². The number of likely N-dealkylation sites (N-methyl/N-ethyl adjacent to an activating group) is 1. The molecule has 0 aliphatic heterocycles. The first-order valence-electron chi connectivity index (χ1n) is 7.05. The Morgan fingerprint density at radius 2 is 1.90 bits per heavy atom. The summed E-state index contributed by atoms with van der Waals surface area (Å²) in [6, 6.07) is 7.37. The number of benzene rings is 1. The minimum Gasteiger partial charge on any atom is -0.497 e. The van der Waals surface area contributed by atoms with Crippen molar-refractivity contribution in [3.05, 3.63) is 29.8 Å². The third kappa shape index (κ3) is 4.89. The van der Waals surface area contributed by atoms with Crippen molar-refractivity contribution >= 4 is 0 Å². The molecule has 0 spiro atoms. The number of rotatable bonds is 7. The second-order valence-electron chi connectivity index (χ2n) is 5.39. The van der Waals surface area contributed by atoms with Gasteiger partial charge < -0.3 is 10.1 Å². The highest BCUT2D eigenvalue weighted by Crippen LogP contribution is 2.32. The van der Waals surface area contributed by atoms with Crippen LogP contribution in [0.4, 0.5) is 13.2 Å². The molecule has 6 heteroatoms. The maximum absolute atomic E-state index is 12.7. The molecule has 0 heterocycles. The van der Waals surface area contributed by atoms with Crippen molar-refractivity contribution in [2.45, 2.75) is 31.1 Å². The average molecular weight is 302 g/mol. The summed E-state index contributed by atoms with van der Waals surface area (Å²) in [7, 11) is 3.36. The van der Waals surface area contributed by atoms with E-state index in [1.807, 2.05) is 24.3 Å². The zero-order chi connectivity index (χ0) is 15.5. The maximum Gasteiger partial charge on any atom is 0.401 e. The topological polar surface area (TPSA) is 24.5 Å². The molecule has 0 radical (unpaired) electrons. The van der Waals surface area contributed by atoms with Crippen LogP contribution in [0.3, 0.4) is 0 Å². The summed E-state index contributed by atoms with van der Waals surface area (Å²) < 4.78 is 43.1. The summed E-state index contributed by atoms with van der Waals surface area (Å²) in [5.74, 6) is 0.739. The van der Waals surface area contributed by atoms with Crippen LogP contribution >= 0.6 is 0 Å². The van der Waals surface area contributed by atoms with Crippen LogP contribution in [0.2, 0.25) is 0 Å². The fourth-order valence-corrected chi connectivity index (χ4v) is 2.45. The van der Waals surface area contributed by atoms with Crippen LogP contribution < -0.4 is 10.1 Å². The van der Waals surface area contributed by atoms with Gasteiger partial charge in [0.1, 0.15) is 5.75 Å². The Balaban J connectivity index is 2.04. The second-order valence-corrected chi connectivity index (χ2v) is 5.39. The van der Waals surface area contributed by atoms with Gasteiger partial charge in [-0.2, -0.15) is 13.2 Å². The van der Waals surface area contributed by atoms with E-state index in [0.717, 1.165) is 24.2 Å². The van der Waals surface area contributed by atoms with Crippen molar-refractivity contribution < 1.29 is 17.9 Å². The van der Waals surface area contributed by atoms with Crippen molar-refractivity contribution in [3.63, 3.8) is 0 Å². The van der Waals surface area contributed by atoms with E-state index in [0.29, 0.717) is 6.54 Å². The highest BCUT2D eigenvalue weighted by molar-refractivity contribution is 5.29. The summed E-state index contributed by atoms with van der Waals surface area (Å²) >= 11 is 0. The summed E-state index contributed by atoms with van der Waals surface area (Å²) in [6.07, 6.45) is -2.44. The Morgan fingerprint density at radius 1 is 1.29 bits per heavy atom. The normalized spacial score (nSPS) is 17.0. The van der Waals surface area contributed by atoms with Crippen LogP contribution in [0.15, 0.2) is 24.3 Å². The minimum absolute atomic E-state index is 0.0701. The molecule has 1 aromatic rings. The minimum atomic E-state index is -4.15. The third-order valence-electron chi connectivity index (χ3n) is 3.73. The highest BCUT2D eigenvalue weighted by Gasteiger charge is 2.38. The van der Waals surface area contributed by atoms with Gasteiger partial charge >= 0.3 is 6.18 Å². The Morgan fingerprint density at radius 3 is 2.33 bits per heavy atom. The van der Waals surface area contributed by atoms with E-state index in [4.69, 9.17) is 4.74 Å². The number of halogens is 3. The fourth-order valence-electron chi connectivity index (χ4n) is 2.45. The van der Waals surface area contributed by atoms with E-state index in [2.05, 4.69) is 5.32 Å². The van der Waals surface area contributed by atoms with Crippen LogP contribution in [-0.4, -0.2) is 44.4 Å². The molecule has 1 N–H and O–H groups in total. The maximum atomic E-state index is 12.7. The van der Waals surface area contributed by atoms with Gasteiger partial charge in [0.05, 0.1) is 13.7 Å². The van der Waals surface area contributed by atoms with Crippen LogP contribution in [0, 0.1) is 0 Å². The molecule has 1 aromatic carbocycles. The van der Waals surface area contributed by atoms with Gasteiger partial charge in [-0.05, 0) is 37.6 Å². The summed E-state index contributed by atoms with van der Waals surface area (Å²) in [5.41, 5.74) is 0.964. The first kappa shape index (κ1) is 16.1. The standard InChI is InChI=1S/C15H21F3N2O/c1-19-14(11-3-7-13(21-2)8-4-11)9-20(12-5-6-12)10-15(16,17)18/h3-4,7-8,12,14,19H,5-6,9-10H2,1-2H3. The number of nitrogens with zero attached hydrogens (tertiary/aromatic N) is 1. The number of ether oxygens (including phenoxy) is 1. The lowest BCUT2D eigenvalue weighted by atomic mass is 10.1. The van der Waals surface area contributed by atoms with E-state index >= 15 is 0 Å². The molecule has 1 aliphatic rings. The molecule has 1 aliphatic carbocycles. The van der Waals surface area contributed by atoms with Crippen LogP contribution in [-0.2, 0) is 0 Å². The second kappa shape index (κ2) is 6.66. The molecular formula is C15H21F3N2O. The SMILES string of the molecule is CNC(CN(CC(F)(F)F)C1CC1)c1ccc(OC)cc1. The molecule has 21 heavy (non-hydrogen) atoms. The van der Waals surface area contributed by atoms with E-state index in [1.165, 1.54) is 4.90 Å². The first-order valence-corrected chi connectivity index (χ1v) is 7.05. The first-order chi connectivity index (χ1) is 9.93. The largest absolute Gasteiger partial charge is 0.497 e. The number of nitrogens with one attached hydrogen (secondary N) is 1. The van der Waals surface area contributed by atoms with Crippen LogP contribution in [0.1, 0.15) is 24.4 Å². The molecule has 0 amide bonds. The van der Waals surface area contributed by atoms with E-state index in [1.54, 1.807) is 14.2 Å². The number of methoxy groups -OCH3 is 1. The molecule has 1 atom stereocenters.